The molecule has 0 heterocycles. The lowest BCUT2D eigenvalue weighted by molar-refractivity contribution is -0.163. The second-order valence-electron chi connectivity index (χ2n) is 7.85. The molecule has 0 saturated heterocycles. The van der Waals surface area contributed by atoms with E-state index in [9.17, 15) is 28.8 Å². The van der Waals surface area contributed by atoms with Crippen molar-refractivity contribution < 1.29 is 102 Å². The molecule has 0 aliphatic rings. The summed E-state index contributed by atoms with van der Waals surface area (Å²) in [4.78, 5) is 61.5. The van der Waals surface area contributed by atoms with E-state index in [0.717, 1.165) is 7.11 Å². The van der Waals surface area contributed by atoms with Crippen LogP contribution in [-0.2, 0) is 57.2 Å². The Balaban J connectivity index is -0.0000000397. The van der Waals surface area contributed by atoms with E-state index in [0.29, 0.717) is 6.42 Å². The minimum atomic E-state index is -0.754. The molecule has 0 aromatic heterocycles. The van der Waals surface area contributed by atoms with Gasteiger partial charge in [-0.15, -0.1) is 0 Å². The van der Waals surface area contributed by atoms with Crippen molar-refractivity contribution in [3.63, 3.8) is 0 Å². The van der Waals surface area contributed by atoms with Crippen LogP contribution in [0.15, 0.2) is 0 Å². The van der Waals surface area contributed by atoms with E-state index >= 15 is 0 Å². The first kappa shape index (κ1) is 69.3. The normalized spacial score (nSPS) is 8.65. The van der Waals surface area contributed by atoms with E-state index in [1.54, 1.807) is 20.8 Å². The highest BCUT2D eigenvalue weighted by molar-refractivity contribution is 5.68. The lowest BCUT2D eigenvalue weighted by atomic mass is 10.3. The highest BCUT2D eigenvalue weighted by Crippen LogP contribution is 1.97. The molecular weight excluding hydrogens is 692 g/mol. The fourth-order valence-electron chi connectivity index (χ4n) is 1.27. The minimum absolute atomic E-state index is 0. The fraction of sp³-hybridized carbons (Fsp3) is 0.806. The standard InChI is InChI=1S/C9H14O6.C6H10O4.C4H10O2.C3H6O2.C2H6O2.3C2H6O.CH4O.3H2/c1-6(10)13-4-9(15-8(3)12)5-14-7(2)11;1-5(7)9-3-4-10-6(2)8;1-2-4(6)3-5;1-3(4)5-2;3-1-2-4;3*1-2-3;1-2;;;/h9H,4-5H2,1-3H3;3-4H2,1-2H3;4-6H,2-3H2,1H3;1-2H3;3-4H,1-2H2;3*3H,2H2,1H3;2H,1H3;3*1H. The van der Waals surface area contributed by atoms with Crippen LogP contribution in [-0.4, -0.2) is 169 Å². The van der Waals surface area contributed by atoms with Gasteiger partial charge in [-0.1, -0.05) is 6.92 Å². The van der Waals surface area contributed by atoms with Gasteiger partial charge in [-0.25, -0.2) is 0 Å². The zero-order valence-electron chi connectivity index (χ0n) is 32.4. The summed E-state index contributed by atoms with van der Waals surface area (Å²) in [5.74, 6) is -2.49. The topological polar surface area (TPSA) is 320 Å². The maximum Gasteiger partial charge on any atom is 0.303 e. The summed E-state index contributed by atoms with van der Waals surface area (Å²) in [6.45, 7) is 14.9. The molecule has 0 aromatic carbocycles. The number of aliphatic hydroxyl groups is 8. The molecule has 0 saturated carbocycles. The Morgan fingerprint density at radius 3 is 0.902 bits per heavy atom. The SMILES string of the molecule is CC(=O)OCC(COC(C)=O)OC(C)=O.CC(=O)OCCOC(C)=O.CCC(O)CO.CCO.CCO.CCO.CO.COC(C)=O.OCCO.[HH].[HH].[HH]. The zero-order valence-corrected chi connectivity index (χ0v) is 32.4. The van der Waals surface area contributed by atoms with Gasteiger partial charge in [-0.3, -0.25) is 28.8 Å². The maximum atomic E-state index is 10.6. The van der Waals surface area contributed by atoms with E-state index in [-0.39, 0.29) is 88.3 Å². The largest absolute Gasteiger partial charge is 0.469 e. The first-order chi connectivity index (χ1) is 23.8. The average molecular weight is 767 g/mol. The predicted molar refractivity (Wildman–Crippen MR) is 190 cm³/mol. The Morgan fingerprint density at radius 2 is 0.784 bits per heavy atom. The molecule has 0 rings (SSSR count). The monoisotopic (exact) mass is 766 g/mol. The molecule has 0 aromatic rings. The number of ether oxygens (including phenoxy) is 6. The van der Waals surface area contributed by atoms with Crippen molar-refractivity contribution in [1.82, 2.24) is 0 Å². The van der Waals surface area contributed by atoms with Crippen LogP contribution in [0.25, 0.3) is 0 Å². The highest BCUT2D eigenvalue weighted by Gasteiger charge is 2.15. The molecule has 51 heavy (non-hydrogen) atoms. The van der Waals surface area contributed by atoms with Gasteiger partial charge in [0.2, 0.25) is 0 Å². The summed E-state index contributed by atoms with van der Waals surface area (Å²) in [5.41, 5.74) is 0. The summed E-state index contributed by atoms with van der Waals surface area (Å²) in [6, 6.07) is 0. The Kier molecular flexibility index (Phi) is 93.0. The van der Waals surface area contributed by atoms with Gasteiger partial charge >= 0.3 is 35.8 Å². The maximum absolute atomic E-state index is 10.6. The molecule has 1 atom stereocenters. The van der Waals surface area contributed by atoms with Crippen LogP contribution in [0.1, 0.15) is 79.9 Å². The lowest BCUT2D eigenvalue weighted by Gasteiger charge is -2.15. The van der Waals surface area contributed by atoms with Gasteiger partial charge in [0.15, 0.2) is 6.10 Å². The van der Waals surface area contributed by atoms with Crippen molar-refractivity contribution >= 4 is 35.8 Å². The van der Waals surface area contributed by atoms with Crippen LogP contribution < -0.4 is 0 Å². The molecule has 0 radical (unpaired) electrons. The van der Waals surface area contributed by atoms with E-state index < -0.39 is 30.1 Å². The van der Waals surface area contributed by atoms with Crippen LogP contribution in [0.2, 0.25) is 0 Å². The van der Waals surface area contributed by atoms with Crippen LogP contribution >= 0.6 is 0 Å². The Labute approximate surface area is 306 Å². The average Bonchev–Trinajstić information content (AvgIpc) is 3.06. The zero-order chi connectivity index (χ0) is 42.6. The first-order valence-corrected chi connectivity index (χ1v) is 15.3. The van der Waals surface area contributed by atoms with E-state index in [1.165, 1.54) is 48.7 Å². The number of hydrogen-bond donors (Lipinski definition) is 8. The van der Waals surface area contributed by atoms with Crippen molar-refractivity contribution in [2.75, 3.05) is 80.3 Å². The van der Waals surface area contributed by atoms with Crippen molar-refractivity contribution in [3.05, 3.63) is 0 Å². The number of hydrogen-bond acceptors (Lipinski definition) is 20. The molecule has 20 heteroatoms. The molecule has 1 unspecified atom stereocenters. The number of esters is 6. The number of methoxy groups -OCH3 is 1. The van der Waals surface area contributed by atoms with Crippen molar-refractivity contribution in [3.8, 4) is 0 Å². The van der Waals surface area contributed by atoms with Crippen molar-refractivity contribution in [2.45, 2.75) is 87.9 Å². The molecule has 20 nitrogen and oxygen atoms in total. The summed E-state index contributed by atoms with van der Waals surface area (Å²) in [7, 11) is 2.35. The van der Waals surface area contributed by atoms with Crippen LogP contribution in [0, 0.1) is 0 Å². The highest BCUT2D eigenvalue weighted by atomic mass is 16.6. The summed E-state index contributed by atoms with van der Waals surface area (Å²) in [6.07, 6.45) is -0.628. The third-order valence-electron chi connectivity index (χ3n) is 3.04. The number of carbonyl (C=O) groups excluding carboxylic acids is 6. The molecule has 318 valence electrons. The third kappa shape index (κ3) is 153. The Hall–Kier alpha value is -3.50. The lowest BCUT2D eigenvalue weighted by Crippen LogP contribution is -2.29. The van der Waals surface area contributed by atoms with Crippen LogP contribution in [0.5, 0.6) is 0 Å². The van der Waals surface area contributed by atoms with Crippen molar-refractivity contribution in [1.29, 1.82) is 0 Å². The molecule has 0 bridgehead atoms. The van der Waals surface area contributed by atoms with Gasteiger partial charge in [0.25, 0.3) is 0 Å². The molecule has 0 spiro atoms. The second-order valence-corrected chi connectivity index (χ2v) is 7.85. The predicted octanol–water partition coefficient (Wildman–Crippen LogP) is -0.601. The molecule has 0 aliphatic heterocycles. The van der Waals surface area contributed by atoms with Gasteiger partial charge in [0.1, 0.15) is 26.4 Å². The second kappa shape index (κ2) is 68.5. The summed E-state index contributed by atoms with van der Waals surface area (Å²) in [5, 5.41) is 61.5. The molecule has 0 amide bonds. The first-order valence-electron chi connectivity index (χ1n) is 15.3. The van der Waals surface area contributed by atoms with E-state index in [4.69, 9.17) is 45.6 Å². The smallest absolute Gasteiger partial charge is 0.303 e. The van der Waals surface area contributed by atoms with Gasteiger partial charge < -0.3 is 69.3 Å². The van der Waals surface area contributed by atoms with Gasteiger partial charge in [-0.2, -0.15) is 0 Å². The quantitative estimate of drug-likeness (QED) is 0.0739. The Bertz CT molecular complexity index is 691. The third-order valence-corrected chi connectivity index (χ3v) is 3.04. The Morgan fingerprint density at radius 1 is 0.529 bits per heavy atom. The molecular formula is C31H74O20. The van der Waals surface area contributed by atoms with Gasteiger partial charge in [0.05, 0.1) is 33.0 Å². The molecule has 0 aliphatic carbocycles. The summed E-state index contributed by atoms with van der Waals surface area (Å²) >= 11 is 0. The number of carbonyl (C=O) groups is 6. The van der Waals surface area contributed by atoms with Crippen molar-refractivity contribution in [2.24, 2.45) is 0 Å². The van der Waals surface area contributed by atoms with E-state index in [1.807, 2.05) is 6.92 Å². The van der Waals surface area contributed by atoms with Gasteiger partial charge in [0, 0.05) is 72.8 Å². The van der Waals surface area contributed by atoms with E-state index in [2.05, 4.69) is 23.7 Å². The van der Waals surface area contributed by atoms with Crippen LogP contribution in [0.3, 0.4) is 0 Å². The number of rotatable bonds is 11. The van der Waals surface area contributed by atoms with Gasteiger partial charge in [-0.05, 0) is 27.2 Å². The molecule has 0 fully saturated rings. The molecule has 8 N–H and O–H groups in total. The van der Waals surface area contributed by atoms with Crippen LogP contribution in [0.4, 0.5) is 0 Å². The summed E-state index contributed by atoms with van der Waals surface area (Å²) < 4.78 is 27.1. The minimum Gasteiger partial charge on any atom is -0.469 e. The fourth-order valence-corrected chi connectivity index (χ4v) is 1.27. The number of aliphatic hydroxyl groups excluding tert-OH is 8.